The number of anilines is 2. The first-order valence-electron chi connectivity index (χ1n) is 8.05. The van der Waals surface area contributed by atoms with Crippen molar-refractivity contribution < 1.29 is 13.2 Å². The Hall–Kier alpha value is -2.45. The molecule has 0 atom stereocenters. The number of sulfonamides is 1. The van der Waals surface area contributed by atoms with Crippen LogP contribution in [0.2, 0.25) is 0 Å². The molecule has 1 aliphatic rings. The molecule has 25 heavy (non-hydrogen) atoms. The maximum absolute atomic E-state index is 12.1. The second kappa shape index (κ2) is 7.20. The zero-order valence-corrected chi connectivity index (χ0v) is 14.4. The molecule has 8 heteroatoms. The van der Waals surface area contributed by atoms with Crippen LogP contribution in [0.25, 0.3) is 0 Å². The van der Waals surface area contributed by atoms with Gasteiger partial charge >= 0.3 is 0 Å². The highest BCUT2D eigenvalue weighted by atomic mass is 32.2. The normalized spacial score (nSPS) is 14.2. The van der Waals surface area contributed by atoms with Crippen molar-refractivity contribution in [1.82, 2.24) is 9.71 Å². The van der Waals surface area contributed by atoms with Crippen LogP contribution in [-0.2, 0) is 21.2 Å². The van der Waals surface area contributed by atoms with Crippen molar-refractivity contribution in [3.8, 4) is 0 Å². The van der Waals surface area contributed by atoms with Gasteiger partial charge in [0.05, 0.1) is 16.8 Å². The molecule has 0 bridgehead atoms. The van der Waals surface area contributed by atoms with E-state index in [1.807, 2.05) is 0 Å². The van der Waals surface area contributed by atoms with Gasteiger partial charge in [0.1, 0.15) is 5.82 Å². The topological polar surface area (TPSA) is 114 Å². The van der Waals surface area contributed by atoms with E-state index in [2.05, 4.69) is 15.0 Å². The molecule has 0 saturated heterocycles. The van der Waals surface area contributed by atoms with Crippen LogP contribution in [0.3, 0.4) is 0 Å². The first-order chi connectivity index (χ1) is 11.9. The van der Waals surface area contributed by atoms with Crippen LogP contribution < -0.4 is 15.8 Å². The lowest BCUT2D eigenvalue weighted by Gasteiger charge is -2.07. The lowest BCUT2D eigenvalue weighted by Crippen LogP contribution is -2.25. The van der Waals surface area contributed by atoms with Gasteiger partial charge in [-0.05, 0) is 49.1 Å². The Labute approximate surface area is 146 Å². The van der Waals surface area contributed by atoms with E-state index in [0.29, 0.717) is 17.9 Å². The van der Waals surface area contributed by atoms with E-state index in [1.54, 1.807) is 36.4 Å². The first kappa shape index (κ1) is 17.4. The van der Waals surface area contributed by atoms with Gasteiger partial charge in [-0.2, -0.15) is 0 Å². The van der Waals surface area contributed by atoms with Gasteiger partial charge in [-0.3, -0.25) is 4.79 Å². The lowest BCUT2D eigenvalue weighted by molar-refractivity contribution is -0.116. The molecule has 1 aromatic heterocycles. The average molecular weight is 360 g/mol. The summed E-state index contributed by atoms with van der Waals surface area (Å²) >= 11 is 0. The summed E-state index contributed by atoms with van der Waals surface area (Å²) in [6.45, 7) is 0. The number of nitrogens with one attached hydrogen (secondary N) is 2. The van der Waals surface area contributed by atoms with Gasteiger partial charge in [0.2, 0.25) is 15.9 Å². The van der Waals surface area contributed by atoms with Crippen LogP contribution in [0.1, 0.15) is 24.8 Å². The Morgan fingerprint density at radius 3 is 2.48 bits per heavy atom. The summed E-state index contributed by atoms with van der Waals surface area (Å²) in [6.07, 6.45) is 4.10. The standard InChI is InChI=1S/C17H20N4O3S/c18-16-9-6-14(11-19-16)20-17(22)10-3-12-1-7-15(8-2-12)25(23,24)21-13-4-5-13/h1-2,6-9,11,13,21H,3-5,10H2,(H2,18,19)(H,20,22). The highest BCUT2D eigenvalue weighted by Crippen LogP contribution is 2.22. The number of benzene rings is 1. The maximum Gasteiger partial charge on any atom is 0.240 e. The minimum atomic E-state index is -3.44. The van der Waals surface area contributed by atoms with E-state index in [1.165, 1.54) is 6.20 Å². The Bertz CT molecular complexity index is 844. The molecule has 3 rings (SSSR count). The van der Waals surface area contributed by atoms with Crippen molar-refractivity contribution >= 4 is 27.4 Å². The number of pyridine rings is 1. The molecule has 0 radical (unpaired) electrons. The number of aromatic nitrogens is 1. The van der Waals surface area contributed by atoms with Crippen molar-refractivity contribution in [2.45, 2.75) is 36.6 Å². The predicted molar refractivity (Wildman–Crippen MR) is 95.4 cm³/mol. The van der Waals surface area contributed by atoms with Crippen molar-refractivity contribution in [1.29, 1.82) is 0 Å². The van der Waals surface area contributed by atoms with Crippen molar-refractivity contribution in [2.24, 2.45) is 0 Å². The van der Waals surface area contributed by atoms with Gasteiger partial charge in [-0.1, -0.05) is 12.1 Å². The molecule has 2 aromatic rings. The number of carbonyl (C=O) groups excluding carboxylic acids is 1. The smallest absolute Gasteiger partial charge is 0.240 e. The first-order valence-corrected chi connectivity index (χ1v) is 9.53. The molecule has 1 aromatic carbocycles. The Kier molecular flexibility index (Phi) is 5.00. The molecule has 4 N–H and O–H groups in total. The van der Waals surface area contributed by atoms with E-state index in [-0.39, 0.29) is 23.3 Å². The zero-order chi connectivity index (χ0) is 17.9. The van der Waals surface area contributed by atoms with Crippen LogP contribution in [0.5, 0.6) is 0 Å². The zero-order valence-electron chi connectivity index (χ0n) is 13.6. The van der Waals surface area contributed by atoms with Crippen LogP contribution in [0.4, 0.5) is 11.5 Å². The van der Waals surface area contributed by atoms with E-state index in [0.717, 1.165) is 18.4 Å². The number of hydrogen-bond donors (Lipinski definition) is 3. The summed E-state index contributed by atoms with van der Waals surface area (Å²) in [4.78, 5) is 16.1. The van der Waals surface area contributed by atoms with Crippen LogP contribution in [0, 0.1) is 0 Å². The van der Waals surface area contributed by atoms with Crippen molar-refractivity contribution in [2.75, 3.05) is 11.1 Å². The third-order valence-electron chi connectivity index (χ3n) is 3.84. The number of nitrogens with two attached hydrogens (primary N) is 1. The number of nitrogen functional groups attached to an aromatic ring is 1. The summed E-state index contributed by atoms with van der Waals surface area (Å²) in [7, 11) is -3.44. The molecule has 7 nitrogen and oxygen atoms in total. The lowest BCUT2D eigenvalue weighted by atomic mass is 10.1. The highest BCUT2D eigenvalue weighted by molar-refractivity contribution is 7.89. The fraction of sp³-hybridized carbons (Fsp3) is 0.294. The second-order valence-corrected chi connectivity index (χ2v) is 7.77. The number of rotatable bonds is 7. The quantitative estimate of drug-likeness (QED) is 0.695. The van der Waals surface area contributed by atoms with E-state index in [4.69, 9.17) is 5.73 Å². The van der Waals surface area contributed by atoms with Crippen molar-refractivity contribution in [3.63, 3.8) is 0 Å². The fourth-order valence-electron chi connectivity index (χ4n) is 2.28. The monoisotopic (exact) mass is 360 g/mol. The van der Waals surface area contributed by atoms with Gasteiger partial charge in [-0.25, -0.2) is 18.1 Å². The molecule has 0 aliphatic heterocycles. The third kappa shape index (κ3) is 5.01. The molecule has 1 fully saturated rings. The summed E-state index contributed by atoms with van der Waals surface area (Å²) in [5, 5.41) is 2.74. The SMILES string of the molecule is Nc1ccc(NC(=O)CCc2ccc(S(=O)(=O)NC3CC3)cc2)cn1. The van der Waals surface area contributed by atoms with Crippen LogP contribution >= 0.6 is 0 Å². The number of nitrogens with zero attached hydrogens (tertiary/aromatic N) is 1. The Morgan fingerprint density at radius 1 is 1.16 bits per heavy atom. The van der Waals surface area contributed by atoms with Crippen LogP contribution in [0.15, 0.2) is 47.5 Å². The van der Waals surface area contributed by atoms with E-state index >= 15 is 0 Å². The summed E-state index contributed by atoms with van der Waals surface area (Å²) in [5.74, 6) is 0.253. The van der Waals surface area contributed by atoms with Gasteiger partial charge in [0, 0.05) is 12.5 Å². The predicted octanol–water partition coefficient (Wildman–Crippen LogP) is 1.68. The van der Waals surface area contributed by atoms with E-state index in [9.17, 15) is 13.2 Å². The molecule has 1 heterocycles. The van der Waals surface area contributed by atoms with Crippen LogP contribution in [-0.4, -0.2) is 25.4 Å². The molecular weight excluding hydrogens is 340 g/mol. The molecular formula is C17H20N4O3S. The molecule has 1 saturated carbocycles. The van der Waals surface area contributed by atoms with Gasteiger partial charge in [0.25, 0.3) is 0 Å². The Balaban J connectivity index is 1.52. The number of carbonyl (C=O) groups is 1. The van der Waals surface area contributed by atoms with Crippen molar-refractivity contribution in [3.05, 3.63) is 48.2 Å². The molecule has 0 unspecified atom stereocenters. The maximum atomic E-state index is 12.1. The molecule has 1 amide bonds. The van der Waals surface area contributed by atoms with Gasteiger partial charge < -0.3 is 11.1 Å². The van der Waals surface area contributed by atoms with Gasteiger partial charge in [0.15, 0.2) is 0 Å². The second-order valence-electron chi connectivity index (χ2n) is 6.06. The van der Waals surface area contributed by atoms with Gasteiger partial charge in [-0.15, -0.1) is 0 Å². The highest BCUT2D eigenvalue weighted by Gasteiger charge is 2.27. The fourth-order valence-corrected chi connectivity index (χ4v) is 3.59. The summed E-state index contributed by atoms with van der Waals surface area (Å²) < 4.78 is 26.8. The molecule has 1 aliphatic carbocycles. The summed E-state index contributed by atoms with van der Waals surface area (Å²) in [5.41, 5.74) is 6.98. The number of amides is 1. The largest absolute Gasteiger partial charge is 0.384 e. The third-order valence-corrected chi connectivity index (χ3v) is 5.38. The van der Waals surface area contributed by atoms with E-state index < -0.39 is 10.0 Å². The summed E-state index contributed by atoms with van der Waals surface area (Å²) in [6, 6.07) is 10.00. The molecule has 0 spiro atoms. The Morgan fingerprint density at radius 2 is 1.88 bits per heavy atom. The molecule has 132 valence electrons. The minimum Gasteiger partial charge on any atom is -0.384 e. The number of aryl methyl sites for hydroxylation is 1. The number of hydrogen-bond acceptors (Lipinski definition) is 5. The average Bonchev–Trinajstić information content (AvgIpc) is 3.39. The minimum absolute atomic E-state index is 0.0798.